The SMILES string of the molecule is NC(CC(=O)NCC1(c2ccc3c(c2)OCO3)CCOCC1)c1ccccc1. The van der Waals surface area contributed by atoms with Crippen LogP contribution in [0.5, 0.6) is 11.5 Å². The number of hydrogen-bond acceptors (Lipinski definition) is 5. The van der Waals surface area contributed by atoms with Gasteiger partial charge in [-0.05, 0) is 36.1 Å². The lowest BCUT2D eigenvalue weighted by atomic mass is 9.74. The van der Waals surface area contributed by atoms with Crippen LogP contribution in [0.4, 0.5) is 0 Å². The van der Waals surface area contributed by atoms with Gasteiger partial charge in [0, 0.05) is 37.6 Å². The first kappa shape index (κ1) is 18.8. The Morgan fingerprint density at radius 3 is 2.61 bits per heavy atom. The van der Waals surface area contributed by atoms with Crippen LogP contribution in [-0.2, 0) is 14.9 Å². The molecule has 0 aliphatic carbocycles. The predicted molar refractivity (Wildman–Crippen MR) is 105 cm³/mol. The monoisotopic (exact) mass is 382 g/mol. The second-order valence-corrected chi connectivity index (χ2v) is 7.46. The normalized spacial score (nSPS) is 18.5. The molecule has 6 heteroatoms. The molecule has 2 aromatic rings. The van der Waals surface area contributed by atoms with Crippen molar-refractivity contribution in [3.63, 3.8) is 0 Å². The molecule has 148 valence electrons. The minimum Gasteiger partial charge on any atom is -0.454 e. The number of amides is 1. The standard InChI is InChI=1S/C22H26N2O4/c23-18(16-4-2-1-3-5-16)13-21(25)24-14-22(8-10-26-11-9-22)17-6-7-19-20(12-17)28-15-27-19/h1-7,12,18H,8-11,13-15,23H2,(H,24,25). The Hall–Kier alpha value is -2.57. The van der Waals surface area contributed by atoms with Crippen LogP contribution in [0.3, 0.4) is 0 Å². The number of nitrogens with two attached hydrogens (primary N) is 1. The van der Waals surface area contributed by atoms with Crippen LogP contribution in [0, 0.1) is 0 Å². The van der Waals surface area contributed by atoms with Gasteiger partial charge >= 0.3 is 0 Å². The van der Waals surface area contributed by atoms with Gasteiger partial charge in [0.1, 0.15) is 0 Å². The maximum absolute atomic E-state index is 12.6. The van der Waals surface area contributed by atoms with Crippen LogP contribution in [0.25, 0.3) is 0 Å². The van der Waals surface area contributed by atoms with Crippen molar-refractivity contribution in [3.8, 4) is 11.5 Å². The predicted octanol–water partition coefficient (Wildman–Crippen LogP) is 2.67. The Morgan fingerprint density at radius 1 is 1.07 bits per heavy atom. The second kappa shape index (κ2) is 8.20. The molecular weight excluding hydrogens is 356 g/mol. The number of nitrogens with one attached hydrogen (secondary N) is 1. The van der Waals surface area contributed by atoms with Gasteiger partial charge in [0.05, 0.1) is 0 Å². The fourth-order valence-corrected chi connectivity index (χ4v) is 3.91. The summed E-state index contributed by atoms with van der Waals surface area (Å²) in [6.45, 7) is 2.15. The Bertz CT molecular complexity index is 819. The van der Waals surface area contributed by atoms with E-state index in [0.717, 1.165) is 35.5 Å². The minimum absolute atomic E-state index is 0.0389. The van der Waals surface area contributed by atoms with Crippen molar-refractivity contribution in [1.29, 1.82) is 0 Å². The summed E-state index contributed by atoms with van der Waals surface area (Å²) in [5.74, 6) is 1.49. The zero-order chi connectivity index (χ0) is 19.4. The lowest BCUT2D eigenvalue weighted by Crippen LogP contribution is -2.45. The third-order valence-electron chi connectivity index (χ3n) is 5.69. The van der Waals surface area contributed by atoms with Crippen LogP contribution in [-0.4, -0.2) is 32.5 Å². The third-order valence-corrected chi connectivity index (χ3v) is 5.69. The molecule has 2 aliphatic rings. The van der Waals surface area contributed by atoms with Gasteiger partial charge in [-0.25, -0.2) is 0 Å². The van der Waals surface area contributed by atoms with E-state index in [9.17, 15) is 4.79 Å². The van der Waals surface area contributed by atoms with Gasteiger partial charge in [0.25, 0.3) is 0 Å². The molecule has 0 spiro atoms. The molecule has 2 heterocycles. The molecule has 6 nitrogen and oxygen atoms in total. The van der Waals surface area contributed by atoms with E-state index in [4.69, 9.17) is 19.9 Å². The molecule has 1 amide bonds. The number of carbonyl (C=O) groups is 1. The van der Waals surface area contributed by atoms with Gasteiger partial charge in [-0.3, -0.25) is 4.79 Å². The topological polar surface area (TPSA) is 82.8 Å². The maximum atomic E-state index is 12.6. The van der Waals surface area contributed by atoms with Gasteiger partial charge < -0.3 is 25.3 Å². The lowest BCUT2D eigenvalue weighted by Gasteiger charge is -2.38. The van der Waals surface area contributed by atoms with Gasteiger partial charge in [-0.1, -0.05) is 36.4 Å². The van der Waals surface area contributed by atoms with Gasteiger partial charge in [-0.15, -0.1) is 0 Å². The number of rotatable bonds is 6. The summed E-state index contributed by atoms with van der Waals surface area (Å²) >= 11 is 0. The smallest absolute Gasteiger partial charge is 0.231 e. The molecule has 3 N–H and O–H groups in total. The van der Waals surface area contributed by atoms with E-state index in [1.165, 1.54) is 0 Å². The molecule has 0 aromatic heterocycles. The van der Waals surface area contributed by atoms with E-state index in [2.05, 4.69) is 11.4 Å². The third kappa shape index (κ3) is 3.98. The zero-order valence-corrected chi connectivity index (χ0v) is 15.9. The minimum atomic E-state index is -0.308. The van der Waals surface area contributed by atoms with Crippen molar-refractivity contribution in [2.24, 2.45) is 5.73 Å². The van der Waals surface area contributed by atoms with Crippen LogP contribution in [0.15, 0.2) is 48.5 Å². The average Bonchev–Trinajstić information content (AvgIpc) is 3.21. The molecule has 1 fully saturated rings. The van der Waals surface area contributed by atoms with Crippen LogP contribution in [0.2, 0.25) is 0 Å². The Kier molecular flexibility index (Phi) is 5.50. The highest BCUT2D eigenvalue weighted by Crippen LogP contribution is 2.40. The fraction of sp³-hybridized carbons (Fsp3) is 0.409. The Balaban J connectivity index is 1.44. The summed E-state index contributed by atoms with van der Waals surface area (Å²) in [4.78, 5) is 12.6. The summed E-state index contributed by atoms with van der Waals surface area (Å²) < 4.78 is 16.6. The van der Waals surface area contributed by atoms with Gasteiger partial charge in [0.2, 0.25) is 12.7 Å². The number of ether oxygens (including phenoxy) is 3. The van der Waals surface area contributed by atoms with Gasteiger partial charge in [0.15, 0.2) is 11.5 Å². The number of carbonyl (C=O) groups excluding carboxylic acids is 1. The summed E-state index contributed by atoms with van der Waals surface area (Å²) in [7, 11) is 0. The zero-order valence-electron chi connectivity index (χ0n) is 15.9. The average molecular weight is 382 g/mol. The Labute approximate surface area is 165 Å². The summed E-state index contributed by atoms with van der Waals surface area (Å²) in [5.41, 5.74) is 8.14. The number of hydrogen-bond donors (Lipinski definition) is 2. The number of fused-ring (bicyclic) bond motifs is 1. The molecule has 2 aromatic carbocycles. The summed E-state index contributed by atoms with van der Waals surface area (Å²) in [5, 5.41) is 3.11. The van der Waals surface area contributed by atoms with E-state index < -0.39 is 0 Å². The van der Waals surface area contributed by atoms with Crippen LogP contribution < -0.4 is 20.5 Å². The summed E-state index contributed by atoms with van der Waals surface area (Å²) in [6, 6.07) is 15.5. The molecule has 28 heavy (non-hydrogen) atoms. The first-order valence-electron chi connectivity index (χ1n) is 9.71. The molecule has 0 saturated carbocycles. The van der Waals surface area contributed by atoms with Crippen molar-refractivity contribution in [2.75, 3.05) is 26.6 Å². The van der Waals surface area contributed by atoms with Crippen molar-refractivity contribution in [1.82, 2.24) is 5.32 Å². The highest BCUT2D eigenvalue weighted by atomic mass is 16.7. The molecule has 2 aliphatic heterocycles. The Morgan fingerprint density at radius 2 is 1.82 bits per heavy atom. The van der Waals surface area contributed by atoms with E-state index in [-0.39, 0.29) is 30.6 Å². The molecule has 0 radical (unpaired) electrons. The van der Waals surface area contributed by atoms with E-state index >= 15 is 0 Å². The van der Waals surface area contributed by atoms with Crippen LogP contribution in [0.1, 0.15) is 36.4 Å². The van der Waals surface area contributed by atoms with Crippen molar-refractivity contribution < 1.29 is 19.0 Å². The highest BCUT2D eigenvalue weighted by Gasteiger charge is 2.36. The molecule has 1 saturated heterocycles. The lowest BCUT2D eigenvalue weighted by molar-refractivity contribution is -0.122. The van der Waals surface area contributed by atoms with Crippen molar-refractivity contribution in [3.05, 3.63) is 59.7 Å². The van der Waals surface area contributed by atoms with Crippen LogP contribution >= 0.6 is 0 Å². The fourth-order valence-electron chi connectivity index (χ4n) is 3.91. The number of benzene rings is 2. The van der Waals surface area contributed by atoms with Gasteiger partial charge in [-0.2, -0.15) is 0 Å². The molecule has 1 unspecified atom stereocenters. The van der Waals surface area contributed by atoms with E-state index in [0.29, 0.717) is 19.8 Å². The van der Waals surface area contributed by atoms with E-state index in [1.54, 1.807) is 0 Å². The summed E-state index contributed by atoms with van der Waals surface area (Å²) in [6.07, 6.45) is 1.95. The maximum Gasteiger partial charge on any atom is 0.231 e. The first-order chi connectivity index (χ1) is 13.7. The van der Waals surface area contributed by atoms with Crippen molar-refractivity contribution >= 4 is 5.91 Å². The second-order valence-electron chi connectivity index (χ2n) is 7.46. The quantitative estimate of drug-likeness (QED) is 0.803. The molecule has 4 rings (SSSR count). The molecular formula is C22H26N2O4. The van der Waals surface area contributed by atoms with E-state index in [1.807, 2.05) is 42.5 Å². The first-order valence-corrected chi connectivity index (χ1v) is 9.71. The highest BCUT2D eigenvalue weighted by molar-refractivity contribution is 5.77. The largest absolute Gasteiger partial charge is 0.454 e. The molecule has 0 bridgehead atoms. The molecule has 1 atom stereocenters. The van der Waals surface area contributed by atoms with Crippen molar-refractivity contribution in [2.45, 2.75) is 30.7 Å².